The van der Waals surface area contributed by atoms with Crippen LogP contribution in [-0.4, -0.2) is 49.2 Å². The number of amides is 1. The molecule has 4 N–H and O–H groups in total. The zero-order valence-electron chi connectivity index (χ0n) is 8.88. The van der Waals surface area contributed by atoms with Gasteiger partial charge in [-0.2, -0.15) is 20.2 Å². The Morgan fingerprint density at radius 3 is 2.50 bits per heavy atom. The topological polar surface area (TPSA) is 109 Å². The largest absolute Gasteiger partial charge is 0.351 e. The summed E-state index contributed by atoms with van der Waals surface area (Å²) in [7, 11) is -4.07. The van der Waals surface area contributed by atoms with Gasteiger partial charge in [-0.15, -0.1) is 12.4 Å². The number of hydrogen-bond acceptors (Lipinski definition) is 5. The molecule has 0 aliphatic rings. The summed E-state index contributed by atoms with van der Waals surface area (Å²) in [4.78, 5) is 11.0. The number of rotatable bonds is 7. The molecule has 0 radical (unpaired) electrons. The van der Waals surface area contributed by atoms with Crippen molar-refractivity contribution in [3.05, 3.63) is 0 Å². The molecular weight excluding hydrogens is 276 g/mol. The lowest BCUT2D eigenvalue weighted by Crippen LogP contribution is -2.42. The third kappa shape index (κ3) is 10.5. The van der Waals surface area contributed by atoms with Crippen LogP contribution >= 0.6 is 24.2 Å². The van der Waals surface area contributed by atoms with E-state index in [2.05, 4.69) is 5.32 Å². The van der Waals surface area contributed by atoms with Gasteiger partial charge in [-0.05, 0) is 18.4 Å². The molecule has 0 aliphatic heterocycles. The molecule has 9 heteroatoms. The average molecular weight is 293 g/mol. The van der Waals surface area contributed by atoms with Gasteiger partial charge in [0.2, 0.25) is 5.91 Å². The monoisotopic (exact) mass is 292 g/mol. The maximum Gasteiger partial charge on any atom is 0.266 e. The fraction of sp³-hybridized carbons (Fsp3) is 0.857. The first-order valence-corrected chi connectivity index (χ1v) is 7.33. The number of thioether (sulfide) groups is 1. The molecule has 0 saturated carbocycles. The predicted molar refractivity (Wildman–Crippen MR) is 67.6 cm³/mol. The quantitative estimate of drug-likeness (QED) is 0.545. The maximum absolute atomic E-state index is 11.0. The molecular formula is C7H17ClN2O4S2. The van der Waals surface area contributed by atoms with Crippen LogP contribution in [-0.2, 0) is 14.9 Å². The first kappa shape index (κ1) is 18.3. The molecule has 0 saturated heterocycles. The lowest BCUT2D eigenvalue weighted by molar-refractivity contribution is -0.120. The molecule has 0 aromatic heterocycles. The van der Waals surface area contributed by atoms with Crippen LogP contribution in [0.4, 0.5) is 0 Å². The van der Waals surface area contributed by atoms with Crippen molar-refractivity contribution in [2.75, 3.05) is 24.3 Å². The van der Waals surface area contributed by atoms with E-state index in [-0.39, 0.29) is 19.0 Å². The van der Waals surface area contributed by atoms with Gasteiger partial charge in [0.25, 0.3) is 10.1 Å². The minimum absolute atomic E-state index is 0. The van der Waals surface area contributed by atoms with E-state index in [0.717, 1.165) is 0 Å². The molecule has 0 aromatic carbocycles. The zero-order valence-corrected chi connectivity index (χ0v) is 11.3. The van der Waals surface area contributed by atoms with Crippen LogP contribution < -0.4 is 11.1 Å². The minimum atomic E-state index is -4.07. The SMILES string of the molecule is CSCC[C@@H](CS(=O)(=O)O)NC(=O)CN.Cl. The summed E-state index contributed by atoms with van der Waals surface area (Å²) in [5.41, 5.74) is 5.08. The molecule has 98 valence electrons. The number of halogens is 1. The molecule has 1 amide bonds. The average Bonchev–Trinajstić information content (AvgIpc) is 2.11. The van der Waals surface area contributed by atoms with Crippen LogP contribution in [0, 0.1) is 0 Å². The standard InChI is InChI=1S/C7H16N2O4S2.ClH/c1-14-3-2-6(5-15(11,12)13)9-7(10)4-8;/h6H,2-5,8H2,1H3,(H,9,10)(H,11,12,13);1H/t6-;/m0./s1. The number of nitrogens with two attached hydrogens (primary N) is 1. The summed E-state index contributed by atoms with van der Waals surface area (Å²) in [6.45, 7) is -0.193. The normalized spacial score (nSPS) is 12.7. The Morgan fingerprint density at radius 1 is 1.56 bits per heavy atom. The predicted octanol–water partition coefficient (Wildman–Crippen LogP) is -0.507. The van der Waals surface area contributed by atoms with E-state index in [1.165, 1.54) is 11.8 Å². The molecule has 0 rings (SSSR count). The van der Waals surface area contributed by atoms with E-state index in [4.69, 9.17) is 10.3 Å². The van der Waals surface area contributed by atoms with Gasteiger partial charge in [0.15, 0.2) is 0 Å². The molecule has 0 bridgehead atoms. The number of hydrogen-bond donors (Lipinski definition) is 3. The zero-order chi connectivity index (χ0) is 11.9. The van der Waals surface area contributed by atoms with Gasteiger partial charge in [0.05, 0.1) is 12.3 Å². The summed E-state index contributed by atoms with van der Waals surface area (Å²) in [6, 6.07) is -0.580. The van der Waals surface area contributed by atoms with Crippen molar-refractivity contribution < 1.29 is 17.8 Å². The molecule has 0 aromatic rings. The maximum atomic E-state index is 11.0. The Kier molecular flexibility index (Phi) is 10.4. The summed E-state index contributed by atoms with van der Waals surface area (Å²) < 4.78 is 29.9. The number of carbonyl (C=O) groups is 1. The smallest absolute Gasteiger partial charge is 0.266 e. The fourth-order valence-electron chi connectivity index (χ4n) is 0.998. The van der Waals surface area contributed by atoms with Crippen molar-refractivity contribution in [3.8, 4) is 0 Å². The van der Waals surface area contributed by atoms with Crippen molar-refractivity contribution in [1.82, 2.24) is 5.32 Å². The van der Waals surface area contributed by atoms with Crippen molar-refractivity contribution in [1.29, 1.82) is 0 Å². The Morgan fingerprint density at radius 2 is 2.12 bits per heavy atom. The number of carbonyl (C=O) groups excluding carboxylic acids is 1. The molecule has 0 unspecified atom stereocenters. The third-order valence-electron chi connectivity index (χ3n) is 1.63. The summed E-state index contributed by atoms with van der Waals surface area (Å²) >= 11 is 1.53. The lowest BCUT2D eigenvalue weighted by Gasteiger charge is -2.16. The first-order valence-electron chi connectivity index (χ1n) is 4.32. The van der Waals surface area contributed by atoms with E-state index in [0.29, 0.717) is 12.2 Å². The first-order chi connectivity index (χ1) is 6.89. The summed E-state index contributed by atoms with van der Waals surface area (Å²) in [5.74, 6) is -0.200. The Labute approximate surface area is 106 Å². The van der Waals surface area contributed by atoms with Gasteiger partial charge in [-0.3, -0.25) is 9.35 Å². The summed E-state index contributed by atoms with van der Waals surface area (Å²) in [6.07, 6.45) is 2.35. The molecule has 6 nitrogen and oxygen atoms in total. The van der Waals surface area contributed by atoms with Crippen LogP contribution in [0.5, 0.6) is 0 Å². The van der Waals surface area contributed by atoms with Crippen LogP contribution in [0.25, 0.3) is 0 Å². The van der Waals surface area contributed by atoms with Gasteiger partial charge in [-0.25, -0.2) is 0 Å². The van der Waals surface area contributed by atoms with Gasteiger partial charge in [-0.1, -0.05) is 0 Å². The molecule has 1 atom stereocenters. The van der Waals surface area contributed by atoms with Crippen LogP contribution in [0.3, 0.4) is 0 Å². The minimum Gasteiger partial charge on any atom is -0.351 e. The molecule has 0 aliphatic carbocycles. The molecule has 0 fully saturated rings. The fourth-order valence-corrected chi connectivity index (χ4v) is 2.28. The van der Waals surface area contributed by atoms with Crippen molar-refractivity contribution in [2.24, 2.45) is 5.73 Å². The van der Waals surface area contributed by atoms with E-state index < -0.39 is 27.8 Å². The molecule has 0 spiro atoms. The van der Waals surface area contributed by atoms with E-state index in [1.54, 1.807) is 0 Å². The van der Waals surface area contributed by atoms with Crippen molar-refractivity contribution in [2.45, 2.75) is 12.5 Å². The van der Waals surface area contributed by atoms with Crippen molar-refractivity contribution >= 4 is 40.2 Å². The highest BCUT2D eigenvalue weighted by Gasteiger charge is 2.17. The number of nitrogens with one attached hydrogen (secondary N) is 1. The highest BCUT2D eigenvalue weighted by Crippen LogP contribution is 2.03. The second-order valence-electron chi connectivity index (χ2n) is 3.00. The van der Waals surface area contributed by atoms with Crippen LogP contribution in [0.2, 0.25) is 0 Å². The van der Waals surface area contributed by atoms with Gasteiger partial charge in [0.1, 0.15) is 0 Å². The Balaban J connectivity index is 0. The second-order valence-corrected chi connectivity index (χ2v) is 5.48. The second kappa shape index (κ2) is 9.06. The Hall–Kier alpha value is -0.0200. The third-order valence-corrected chi connectivity index (χ3v) is 3.10. The van der Waals surface area contributed by atoms with Gasteiger partial charge < -0.3 is 11.1 Å². The van der Waals surface area contributed by atoms with Crippen LogP contribution in [0.1, 0.15) is 6.42 Å². The van der Waals surface area contributed by atoms with E-state index >= 15 is 0 Å². The lowest BCUT2D eigenvalue weighted by atomic mass is 10.2. The van der Waals surface area contributed by atoms with E-state index in [1.807, 2.05) is 6.26 Å². The van der Waals surface area contributed by atoms with E-state index in [9.17, 15) is 13.2 Å². The van der Waals surface area contributed by atoms with Crippen LogP contribution in [0.15, 0.2) is 0 Å². The molecule has 16 heavy (non-hydrogen) atoms. The Bertz CT molecular complexity index is 297. The molecule has 0 heterocycles. The van der Waals surface area contributed by atoms with Gasteiger partial charge in [0, 0.05) is 6.04 Å². The van der Waals surface area contributed by atoms with Crippen molar-refractivity contribution in [3.63, 3.8) is 0 Å². The van der Waals surface area contributed by atoms with Gasteiger partial charge >= 0.3 is 0 Å². The highest BCUT2D eigenvalue weighted by atomic mass is 35.5. The summed E-state index contributed by atoms with van der Waals surface area (Å²) in [5, 5.41) is 2.44. The highest BCUT2D eigenvalue weighted by molar-refractivity contribution is 7.98.